The molecule has 0 atom stereocenters. The summed E-state index contributed by atoms with van der Waals surface area (Å²) in [6.45, 7) is 4.06. The van der Waals surface area contributed by atoms with Gasteiger partial charge in [0.05, 0.1) is 0 Å². The van der Waals surface area contributed by atoms with E-state index in [1.807, 2.05) is 26.0 Å². The highest BCUT2D eigenvalue weighted by molar-refractivity contribution is 7.83. The molecule has 0 aliphatic heterocycles. The summed E-state index contributed by atoms with van der Waals surface area (Å²) in [7, 11) is 0. The standard InChI is InChI=1S/C9H9ClS/c1-6-3-4-8(9(10)11)7(2)5-6/h3-5H,1-2H3. The average Bonchev–Trinajstić information content (AvgIpc) is 1.85. The molecule has 58 valence electrons. The second-order valence-electron chi connectivity index (χ2n) is 2.59. The lowest BCUT2D eigenvalue weighted by atomic mass is 10.1. The molecule has 0 nitrogen and oxygen atoms in total. The van der Waals surface area contributed by atoms with E-state index in [2.05, 4.69) is 6.07 Å². The van der Waals surface area contributed by atoms with Gasteiger partial charge in [0, 0.05) is 5.56 Å². The van der Waals surface area contributed by atoms with Gasteiger partial charge < -0.3 is 0 Å². The number of aryl methyl sites for hydroxylation is 2. The third-order valence-corrected chi connectivity index (χ3v) is 2.02. The van der Waals surface area contributed by atoms with Crippen LogP contribution in [-0.4, -0.2) is 4.32 Å². The third kappa shape index (κ3) is 2.01. The molecule has 0 aliphatic carbocycles. The summed E-state index contributed by atoms with van der Waals surface area (Å²) < 4.78 is 0.447. The van der Waals surface area contributed by atoms with Crippen molar-refractivity contribution in [1.82, 2.24) is 0 Å². The zero-order valence-electron chi connectivity index (χ0n) is 6.52. The van der Waals surface area contributed by atoms with E-state index in [9.17, 15) is 0 Å². The van der Waals surface area contributed by atoms with Crippen LogP contribution in [0.15, 0.2) is 18.2 Å². The number of rotatable bonds is 1. The predicted octanol–water partition coefficient (Wildman–Crippen LogP) is 3.22. The minimum absolute atomic E-state index is 0.447. The number of hydrogen-bond donors (Lipinski definition) is 0. The lowest BCUT2D eigenvalue weighted by Gasteiger charge is -2.02. The largest absolute Gasteiger partial charge is 0.111 e. The summed E-state index contributed by atoms with van der Waals surface area (Å²) in [5.41, 5.74) is 3.34. The topological polar surface area (TPSA) is 0 Å². The van der Waals surface area contributed by atoms with Gasteiger partial charge in [0.25, 0.3) is 0 Å². The minimum Gasteiger partial charge on any atom is -0.0709 e. The summed E-state index contributed by atoms with van der Waals surface area (Å²) in [6.07, 6.45) is 0. The first-order valence-corrected chi connectivity index (χ1v) is 4.17. The second kappa shape index (κ2) is 3.33. The number of thiocarbonyl (C=S) groups is 1. The van der Waals surface area contributed by atoms with Gasteiger partial charge in [-0.05, 0) is 19.4 Å². The van der Waals surface area contributed by atoms with E-state index >= 15 is 0 Å². The van der Waals surface area contributed by atoms with E-state index in [4.69, 9.17) is 23.8 Å². The molecular weight excluding hydrogens is 176 g/mol. The average molecular weight is 185 g/mol. The number of benzene rings is 1. The van der Waals surface area contributed by atoms with Crippen LogP contribution < -0.4 is 0 Å². The molecule has 0 aliphatic rings. The van der Waals surface area contributed by atoms with E-state index in [-0.39, 0.29) is 0 Å². The number of hydrogen-bond acceptors (Lipinski definition) is 1. The highest BCUT2D eigenvalue weighted by Crippen LogP contribution is 2.13. The summed E-state index contributed by atoms with van der Waals surface area (Å²) in [6, 6.07) is 6.04. The van der Waals surface area contributed by atoms with Crippen molar-refractivity contribution in [3.8, 4) is 0 Å². The highest BCUT2D eigenvalue weighted by Gasteiger charge is 2.00. The Morgan fingerprint density at radius 2 is 2.00 bits per heavy atom. The van der Waals surface area contributed by atoms with Gasteiger partial charge in [-0.3, -0.25) is 0 Å². The molecule has 0 N–H and O–H groups in total. The van der Waals surface area contributed by atoms with Crippen LogP contribution >= 0.6 is 23.8 Å². The molecule has 0 amide bonds. The summed E-state index contributed by atoms with van der Waals surface area (Å²) in [5, 5.41) is 0. The molecule has 0 radical (unpaired) electrons. The molecule has 0 fully saturated rings. The Hall–Kier alpha value is -0.400. The lowest BCUT2D eigenvalue weighted by Crippen LogP contribution is -1.91. The van der Waals surface area contributed by atoms with E-state index < -0.39 is 0 Å². The van der Waals surface area contributed by atoms with E-state index in [0.29, 0.717) is 4.32 Å². The van der Waals surface area contributed by atoms with Gasteiger partial charge in [0.2, 0.25) is 0 Å². The zero-order valence-corrected chi connectivity index (χ0v) is 8.09. The molecule has 0 saturated heterocycles. The lowest BCUT2D eigenvalue weighted by molar-refractivity contribution is 1.38. The molecule has 0 heterocycles. The first kappa shape index (κ1) is 8.69. The van der Waals surface area contributed by atoms with Crippen LogP contribution in [0.3, 0.4) is 0 Å². The molecular formula is C9H9ClS. The van der Waals surface area contributed by atoms with Gasteiger partial charge in [-0.1, -0.05) is 47.6 Å². The fourth-order valence-corrected chi connectivity index (χ4v) is 1.48. The molecule has 0 spiro atoms. The first-order chi connectivity index (χ1) is 5.11. The Kier molecular flexibility index (Phi) is 2.63. The Balaban J connectivity index is 3.20. The monoisotopic (exact) mass is 184 g/mol. The zero-order chi connectivity index (χ0) is 8.43. The van der Waals surface area contributed by atoms with E-state index in [1.165, 1.54) is 5.56 Å². The minimum atomic E-state index is 0.447. The summed E-state index contributed by atoms with van der Waals surface area (Å²) in [5.74, 6) is 0. The Morgan fingerprint density at radius 3 is 2.45 bits per heavy atom. The molecule has 1 rings (SSSR count). The maximum Gasteiger partial charge on any atom is 0.111 e. The molecule has 0 saturated carbocycles. The molecule has 2 heteroatoms. The fraction of sp³-hybridized carbons (Fsp3) is 0.222. The van der Waals surface area contributed by atoms with Gasteiger partial charge >= 0.3 is 0 Å². The van der Waals surface area contributed by atoms with Crippen molar-refractivity contribution in [3.05, 3.63) is 34.9 Å². The van der Waals surface area contributed by atoms with Gasteiger partial charge in [-0.2, -0.15) is 0 Å². The molecule has 11 heavy (non-hydrogen) atoms. The first-order valence-electron chi connectivity index (χ1n) is 3.38. The van der Waals surface area contributed by atoms with Crippen molar-refractivity contribution >= 4 is 28.1 Å². The third-order valence-electron chi connectivity index (χ3n) is 1.59. The maximum atomic E-state index is 5.69. The number of halogens is 1. The van der Waals surface area contributed by atoms with Crippen LogP contribution in [0.1, 0.15) is 16.7 Å². The quantitative estimate of drug-likeness (QED) is 0.477. The maximum absolute atomic E-state index is 5.69. The Morgan fingerprint density at radius 1 is 1.36 bits per heavy atom. The molecule has 1 aromatic rings. The van der Waals surface area contributed by atoms with Crippen LogP contribution in [0.5, 0.6) is 0 Å². The fourth-order valence-electron chi connectivity index (χ4n) is 1.03. The van der Waals surface area contributed by atoms with E-state index in [1.54, 1.807) is 0 Å². The van der Waals surface area contributed by atoms with Crippen molar-refractivity contribution in [1.29, 1.82) is 0 Å². The predicted molar refractivity (Wildman–Crippen MR) is 53.5 cm³/mol. The Bertz CT molecular complexity index is 292. The highest BCUT2D eigenvalue weighted by atomic mass is 35.5. The molecule has 1 aromatic carbocycles. The summed E-state index contributed by atoms with van der Waals surface area (Å²) >= 11 is 10.6. The van der Waals surface area contributed by atoms with Crippen molar-refractivity contribution in [2.24, 2.45) is 0 Å². The normalized spacial score (nSPS) is 9.73. The van der Waals surface area contributed by atoms with Gasteiger partial charge in [-0.15, -0.1) is 0 Å². The molecule has 0 unspecified atom stereocenters. The van der Waals surface area contributed by atoms with Gasteiger partial charge in [-0.25, -0.2) is 0 Å². The van der Waals surface area contributed by atoms with Crippen molar-refractivity contribution in [3.63, 3.8) is 0 Å². The van der Waals surface area contributed by atoms with Crippen molar-refractivity contribution < 1.29 is 0 Å². The summed E-state index contributed by atoms with van der Waals surface area (Å²) in [4.78, 5) is 0. The smallest absolute Gasteiger partial charge is 0.0709 e. The van der Waals surface area contributed by atoms with E-state index in [0.717, 1.165) is 11.1 Å². The SMILES string of the molecule is Cc1ccc(C(=S)Cl)c(C)c1. The van der Waals surface area contributed by atoms with Gasteiger partial charge in [0.15, 0.2) is 0 Å². The van der Waals surface area contributed by atoms with Crippen molar-refractivity contribution in [2.75, 3.05) is 0 Å². The van der Waals surface area contributed by atoms with Crippen LogP contribution in [-0.2, 0) is 0 Å². The molecule has 0 aromatic heterocycles. The van der Waals surface area contributed by atoms with Crippen molar-refractivity contribution in [2.45, 2.75) is 13.8 Å². The van der Waals surface area contributed by atoms with Gasteiger partial charge in [0.1, 0.15) is 4.32 Å². The Labute approximate surface area is 77.2 Å². The van der Waals surface area contributed by atoms with Crippen LogP contribution in [0.4, 0.5) is 0 Å². The van der Waals surface area contributed by atoms with Crippen LogP contribution in [0.25, 0.3) is 0 Å². The second-order valence-corrected chi connectivity index (χ2v) is 3.60. The van der Waals surface area contributed by atoms with Crippen LogP contribution in [0.2, 0.25) is 0 Å². The van der Waals surface area contributed by atoms with Crippen LogP contribution in [0, 0.1) is 13.8 Å². The molecule has 0 bridgehead atoms.